The Morgan fingerprint density at radius 1 is 1.12 bits per heavy atom. The van der Waals surface area contributed by atoms with Crippen molar-refractivity contribution < 1.29 is 0 Å². The molecule has 0 fully saturated rings. The smallest absolute Gasteiger partial charge is 0.0927 e. The highest BCUT2D eigenvalue weighted by Gasteiger charge is 2.35. The lowest BCUT2D eigenvalue weighted by Crippen LogP contribution is -2.22. The molecule has 0 saturated heterocycles. The van der Waals surface area contributed by atoms with Crippen LogP contribution in [0.3, 0.4) is 0 Å². The number of benzene rings is 1. The van der Waals surface area contributed by atoms with Gasteiger partial charge in [-0.15, -0.1) is 12.8 Å². The molecular weight excluding hydrogens is 412 g/mol. The van der Waals surface area contributed by atoms with Crippen molar-refractivity contribution in [2.75, 3.05) is 0 Å². The minimum absolute atomic E-state index is 0.883. The molecule has 0 spiro atoms. The van der Waals surface area contributed by atoms with Crippen molar-refractivity contribution in [1.29, 1.82) is 0 Å². The van der Waals surface area contributed by atoms with Crippen molar-refractivity contribution in [1.82, 2.24) is 9.88 Å². The van der Waals surface area contributed by atoms with E-state index in [1.807, 2.05) is 0 Å². The molecule has 0 saturated carbocycles. The molecule has 34 heavy (non-hydrogen) atoms. The van der Waals surface area contributed by atoms with E-state index in [9.17, 15) is 0 Å². The lowest BCUT2D eigenvalue weighted by molar-refractivity contribution is 0.501. The number of hydrogen-bond acceptors (Lipinski definition) is 2. The van der Waals surface area contributed by atoms with Crippen LogP contribution in [0.25, 0.3) is 16.6 Å². The highest BCUT2D eigenvalue weighted by atomic mass is 15.2. The van der Waals surface area contributed by atoms with E-state index in [0.717, 1.165) is 55.6 Å². The number of aromatic nitrogens is 1. The van der Waals surface area contributed by atoms with E-state index in [1.54, 1.807) is 0 Å². The fraction of sp³-hybridized carbons (Fsp3) is 0.344. The zero-order valence-corrected chi connectivity index (χ0v) is 21.4. The van der Waals surface area contributed by atoms with Gasteiger partial charge in [0.05, 0.1) is 23.5 Å². The second kappa shape index (κ2) is 10.7. The maximum absolute atomic E-state index is 5.14. The summed E-state index contributed by atoms with van der Waals surface area (Å²) in [4.78, 5) is 7.53. The minimum Gasteiger partial charge on any atom is -0.335 e. The van der Waals surface area contributed by atoms with Crippen LogP contribution < -0.4 is 0 Å². The minimum atomic E-state index is 0.883. The molecule has 2 nitrogen and oxygen atoms in total. The van der Waals surface area contributed by atoms with E-state index in [0.29, 0.717) is 0 Å². The fourth-order valence-electron chi connectivity index (χ4n) is 5.14. The molecule has 3 aliphatic rings. The Morgan fingerprint density at radius 2 is 1.82 bits per heavy atom. The number of nitrogens with zero attached hydrogens (tertiary/aromatic N) is 2. The normalized spacial score (nSPS) is 15.9. The number of hydrogen-bond donors (Lipinski definition) is 0. The van der Waals surface area contributed by atoms with E-state index in [-0.39, 0.29) is 0 Å². The lowest BCUT2D eigenvalue weighted by Gasteiger charge is -2.33. The molecule has 0 N–H and O–H groups in total. The monoisotopic (exact) mass is 450 g/mol. The van der Waals surface area contributed by atoms with Crippen molar-refractivity contribution >= 4 is 16.6 Å². The van der Waals surface area contributed by atoms with Gasteiger partial charge in [0.2, 0.25) is 0 Å². The lowest BCUT2D eigenvalue weighted by atomic mass is 9.84. The molecule has 0 amide bonds. The first-order chi connectivity index (χ1) is 16.4. The summed E-state index contributed by atoms with van der Waals surface area (Å²) in [6, 6.07) is 6.70. The SMILES string of the molecule is C#C.C=C(C)Cc1ccc2nc3c(c(CC)c2c1)CN1C(=C)C2=C(C=C31)CC(=C)CC2.CCC. The number of aryl methyl sites for hydroxylation is 1. The summed E-state index contributed by atoms with van der Waals surface area (Å²) in [6.07, 6.45) is 16.6. The molecular formula is C32H38N2. The summed E-state index contributed by atoms with van der Waals surface area (Å²) in [5.41, 5.74) is 14.1. The van der Waals surface area contributed by atoms with Crippen LogP contribution in [0.5, 0.6) is 0 Å². The number of fused-ring (bicyclic) bond motifs is 4. The molecule has 2 heteroatoms. The predicted octanol–water partition coefficient (Wildman–Crippen LogP) is 8.30. The standard InChI is InChI=1S/C27H28N2.C3H8.C2H2/c1-6-21-23-13-19(11-16(2)3)8-10-25(23)28-27-24(21)15-29-18(5)22-9-7-17(4)12-20(22)14-26(27)29;1-3-2;1-2/h8,10,13-14H,2,4-7,9,11-12,15H2,1,3H3;3H2,1-2H3;1-2H. The van der Waals surface area contributed by atoms with Crippen LogP contribution in [0.15, 0.2) is 72.0 Å². The highest BCUT2D eigenvalue weighted by molar-refractivity contribution is 5.89. The number of pyridine rings is 1. The number of terminal acetylenes is 1. The van der Waals surface area contributed by atoms with Crippen LogP contribution in [0, 0.1) is 12.8 Å². The average molecular weight is 451 g/mol. The summed E-state index contributed by atoms with van der Waals surface area (Å²) < 4.78 is 0. The van der Waals surface area contributed by atoms with Crippen LogP contribution >= 0.6 is 0 Å². The van der Waals surface area contributed by atoms with Gasteiger partial charge in [0.15, 0.2) is 0 Å². The molecule has 0 bridgehead atoms. The van der Waals surface area contributed by atoms with Crippen molar-refractivity contribution in [2.45, 2.75) is 72.8 Å². The van der Waals surface area contributed by atoms with Gasteiger partial charge in [-0.3, -0.25) is 0 Å². The van der Waals surface area contributed by atoms with E-state index >= 15 is 0 Å². The first kappa shape index (κ1) is 25.3. The zero-order chi connectivity index (χ0) is 25.0. The summed E-state index contributed by atoms with van der Waals surface area (Å²) in [5.74, 6) is 0. The third-order valence-corrected chi connectivity index (χ3v) is 6.52. The molecule has 0 atom stereocenters. The van der Waals surface area contributed by atoms with Gasteiger partial charge in [-0.05, 0) is 79.5 Å². The first-order valence-electron chi connectivity index (χ1n) is 12.4. The van der Waals surface area contributed by atoms with Gasteiger partial charge < -0.3 is 4.90 Å². The fourth-order valence-corrected chi connectivity index (χ4v) is 5.14. The van der Waals surface area contributed by atoms with Gasteiger partial charge in [-0.2, -0.15) is 0 Å². The van der Waals surface area contributed by atoms with E-state index in [1.165, 1.54) is 56.5 Å². The topological polar surface area (TPSA) is 16.1 Å². The van der Waals surface area contributed by atoms with Gasteiger partial charge in [-0.1, -0.05) is 64.1 Å². The van der Waals surface area contributed by atoms with Crippen LogP contribution in [0.1, 0.15) is 75.8 Å². The third kappa shape index (κ3) is 4.66. The van der Waals surface area contributed by atoms with Gasteiger partial charge in [0, 0.05) is 16.6 Å². The Balaban J connectivity index is 0.000000603. The van der Waals surface area contributed by atoms with Gasteiger partial charge in [-0.25, -0.2) is 4.98 Å². The number of rotatable bonds is 3. The molecule has 176 valence electrons. The van der Waals surface area contributed by atoms with E-state index < -0.39 is 0 Å². The van der Waals surface area contributed by atoms with Crippen molar-refractivity contribution in [2.24, 2.45) is 0 Å². The molecule has 2 aliphatic heterocycles. The summed E-state index contributed by atoms with van der Waals surface area (Å²) in [7, 11) is 0. The van der Waals surface area contributed by atoms with Crippen molar-refractivity contribution in [3.63, 3.8) is 0 Å². The van der Waals surface area contributed by atoms with Gasteiger partial charge in [0.25, 0.3) is 0 Å². The third-order valence-electron chi connectivity index (χ3n) is 6.52. The Morgan fingerprint density at radius 3 is 2.47 bits per heavy atom. The molecule has 0 radical (unpaired) electrons. The summed E-state index contributed by atoms with van der Waals surface area (Å²) in [6.45, 7) is 22.3. The second-order valence-corrected chi connectivity index (χ2v) is 9.46. The van der Waals surface area contributed by atoms with Crippen LogP contribution in [0.4, 0.5) is 0 Å². The van der Waals surface area contributed by atoms with Crippen LogP contribution in [-0.4, -0.2) is 9.88 Å². The van der Waals surface area contributed by atoms with Gasteiger partial charge in [0.1, 0.15) is 0 Å². The molecule has 1 aromatic heterocycles. The summed E-state index contributed by atoms with van der Waals surface area (Å²) >= 11 is 0. The van der Waals surface area contributed by atoms with Crippen LogP contribution in [-0.2, 0) is 19.4 Å². The van der Waals surface area contributed by atoms with Crippen LogP contribution in [0.2, 0.25) is 0 Å². The quantitative estimate of drug-likeness (QED) is 0.345. The Labute approximate surface area is 206 Å². The van der Waals surface area contributed by atoms with Crippen molar-refractivity contribution in [3.05, 3.63) is 94.4 Å². The first-order valence-corrected chi connectivity index (χ1v) is 12.4. The Hall–Kier alpha value is -3.31. The zero-order valence-electron chi connectivity index (χ0n) is 21.4. The molecule has 1 aliphatic carbocycles. The number of allylic oxidation sites excluding steroid dienone is 5. The van der Waals surface area contributed by atoms with E-state index in [2.05, 4.69) is 89.5 Å². The van der Waals surface area contributed by atoms with Gasteiger partial charge >= 0.3 is 0 Å². The molecule has 5 rings (SSSR count). The highest BCUT2D eigenvalue weighted by Crippen LogP contribution is 2.47. The predicted molar refractivity (Wildman–Crippen MR) is 148 cm³/mol. The maximum atomic E-state index is 5.14. The second-order valence-electron chi connectivity index (χ2n) is 9.46. The molecule has 2 aromatic rings. The molecule has 0 unspecified atom stereocenters. The molecule has 1 aromatic carbocycles. The molecule has 3 heterocycles. The Bertz CT molecular complexity index is 1230. The van der Waals surface area contributed by atoms with Crippen molar-refractivity contribution in [3.8, 4) is 12.8 Å². The summed E-state index contributed by atoms with van der Waals surface area (Å²) in [5, 5.41) is 1.29. The average Bonchev–Trinajstić information content (AvgIpc) is 3.17. The largest absolute Gasteiger partial charge is 0.335 e. The van der Waals surface area contributed by atoms with E-state index in [4.69, 9.17) is 4.98 Å². The maximum Gasteiger partial charge on any atom is 0.0927 e. The Kier molecular flexibility index (Phi) is 8.00.